The molecule has 38 heavy (non-hydrogen) atoms. The van der Waals surface area contributed by atoms with Gasteiger partial charge in [-0.1, -0.05) is 30.3 Å². The summed E-state index contributed by atoms with van der Waals surface area (Å²) in [4.78, 5) is 32.2. The Kier molecular flexibility index (Phi) is 4.74. The van der Waals surface area contributed by atoms with E-state index in [0.29, 0.717) is 39.5 Å². The molecule has 1 unspecified atom stereocenters. The molecule has 1 atom stereocenters. The molecule has 4 heterocycles. The number of nitrogens with one attached hydrogen (secondary N) is 1. The number of ketones is 1. The number of Topliss-reactive ketones (excluding diaryl/α,β-unsaturated/α-hetero) is 1. The van der Waals surface area contributed by atoms with Gasteiger partial charge >= 0.3 is 0 Å². The molecule has 0 spiro atoms. The average molecular weight is 508 g/mol. The number of rotatable bonds is 5. The van der Waals surface area contributed by atoms with E-state index >= 15 is 0 Å². The molecule has 2 aromatic heterocycles. The third-order valence-corrected chi connectivity index (χ3v) is 6.95. The van der Waals surface area contributed by atoms with Crippen LogP contribution in [0, 0.1) is 0 Å². The number of aromatic amines is 1. The Bertz CT molecular complexity index is 1810. The molecule has 0 saturated carbocycles. The predicted octanol–water partition coefficient (Wildman–Crippen LogP) is 5.43. The molecule has 9 nitrogen and oxygen atoms in total. The predicted molar refractivity (Wildman–Crippen MR) is 138 cm³/mol. The summed E-state index contributed by atoms with van der Waals surface area (Å²) in [7, 11) is 1.51. The standard InChI is InChI=1S/C29H20N2O7/c1-35-21-8-4-5-15-11-23(38-28(15)21)26(32)24-25(18-13-30-19-7-3-2-6-17(18)19)31(29(34)27(24)33)16-9-10-20-22(12-16)37-14-36-20/h2-13,25,30,33H,14H2,1H3. The van der Waals surface area contributed by atoms with Crippen molar-refractivity contribution in [2.75, 3.05) is 18.8 Å². The molecule has 1 amide bonds. The van der Waals surface area contributed by atoms with Gasteiger partial charge in [0.1, 0.15) is 0 Å². The number of carbonyl (C=O) groups is 2. The van der Waals surface area contributed by atoms with E-state index < -0.39 is 23.5 Å². The molecule has 0 bridgehead atoms. The molecular formula is C29H20N2O7. The number of H-pyrrole nitrogens is 1. The first-order chi connectivity index (χ1) is 18.5. The van der Waals surface area contributed by atoms with Crippen molar-refractivity contribution in [2.45, 2.75) is 6.04 Å². The van der Waals surface area contributed by atoms with E-state index in [4.69, 9.17) is 18.6 Å². The van der Waals surface area contributed by atoms with Crippen molar-refractivity contribution >= 4 is 39.2 Å². The van der Waals surface area contributed by atoms with E-state index in [1.807, 2.05) is 24.3 Å². The Labute approximate surface area is 215 Å². The number of para-hydroxylation sites is 2. The highest BCUT2D eigenvalue weighted by molar-refractivity contribution is 6.21. The first-order valence-electron chi connectivity index (χ1n) is 11.9. The number of aliphatic hydroxyl groups is 1. The topological polar surface area (TPSA) is 114 Å². The summed E-state index contributed by atoms with van der Waals surface area (Å²) in [6.07, 6.45) is 1.75. The summed E-state index contributed by atoms with van der Waals surface area (Å²) >= 11 is 0. The zero-order valence-corrected chi connectivity index (χ0v) is 20.1. The van der Waals surface area contributed by atoms with Crippen LogP contribution in [0.25, 0.3) is 21.9 Å². The summed E-state index contributed by atoms with van der Waals surface area (Å²) in [5.74, 6) is -0.488. The minimum atomic E-state index is -0.943. The highest BCUT2D eigenvalue weighted by Crippen LogP contribution is 2.46. The number of aromatic nitrogens is 1. The lowest BCUT2D eigenvalue weighted by atomic mass is 9.94. The van der Waals surface area contributed by atoms with Gasteiger partial charge in [0.2, 0.25) is 12.6 Å². The van der Waals surface area contributed by atoms with Gasteiger partial charge in [0.05, 0.1) is 18.7 Å². The van der Waals surface area contributed by atoms with Crippen molar-refractivity contribution in [3.63, 3.8) is 0 Å². The Morgan fingerprint density at radius 1 is 1.05 bits per heavy atom. The van der Waals surface area contributed by atoms with Gasteiger partial charge < -0.3 is 28.7 Å². The monoisotopic (exact) mass is 508 g/mol. The van der Waals surface area contributed by atoms with Gasteiger partial charge in [-0.3, -0.25) is 14.5 Å². The quantitative estimate of drug-likeness (QED) is 0.304. The Balaban J connectivity index is 1.41. The molecule has 188 valence electrons. The van der Waals surface area contributed by atoms with Crippen LogP contribution >= 0.6 is 0 Å². The van der Waals surface area contributed by atoms with Crippen molar-refractivity contribution in [3.8, 4) is 17.2 Å². The van der Waals surface area contributed by atoms with Crippen LogP contribution < -0.4 is 19.1 Å². The van der Waals surface area contributed by atoms with Crippen LogP contribution in [0.4, 0.5) is 5.69 Å². The van der Waals surface area contributed by atoms with E-state index in [1.165, 1.54) is 12.0 Å². The van der Waals surface area contributed by atoms with Crippen LogP contribution in [0.1, 0.15) is 22.2 Å². The fraction of sp³-hybridized carbons (Fsp3) is 0.103. The van der Waals surface area contributed by atoms with Crippen LogP contribution in [-0.2, 0) is 4.79 Å². The number of carbonyl (C=O) groups excluding carboxylic acids is 2. The fourth-order valence-corrected chi connectivity index (χ4v) is 5.19. The zero-order chi connectivity index (χ0) is 26.0. The SMILES string of the molecule is COc1cccc2cc(C(=O)C3=C(O)C(=O)N(c4ccc5c(c4)OCO5)C3c3c[nH]c4ccccc34)oc12. The largest absolute Gasteiger partial charge is 0.503 e. The maximum absolute atomic E-state index is 14.0. The van der Waals surface area contributed by atoms with Crippen LogP contribution in [0.5, 0.6) is 17.2 Å². The number of amides is 1. The third-order valence-electron chi connectivity index (χ3n) is 6.95. The minimum absolute atomic E-state index is 0.0174. The van der Waals surface area contributed by atoms with Gasteiger partial charge in [0, 0.05) is 39.8 Å². The smallest absolute Gasteiger partial charge is 0.294 e. The second-order valence-electron chi connectivity index (χ2n) is 8.99. The third kappa shape index (κ3) is 3.11. The molecule has 2 aliphatic heterocycles. The van der Waals surface area contributed by atoms with Crippen molar-refractivity contribution in [1.82, 2.24) is 4.98 Å². The first kappa shape index (κ1) is 22.1. The molecule has 0 radical (unpaired) electrons. The molecule has 0 fully saturated rings. The molecular weight excluding hydrogens is 488 g/mol. The van der Waals surface area contributed by atoms with Gasteiger partial charge in [-0.05, 0) is 30.3 Å². The Morgan fingerprint density at radius 2 is 1.89 bits per heavy atom. The number of furan rings is 1. The number of methoxy groups -OCH3 is 1. The second kappa shape index (κ2) is 8.17. The number of nitrogens with zero attached hydrogens (tertiary/aromatic N) is 1. The summed E-state index contributed by atoms with van der Waals surface area (Å²) in [5.41, 5.74) is 2.23. The van der Waals surface area contributed by atoms with Gasteiger partial charge in [0.15, 0.2) is 34.4 Å². The summed E-state index contributed by atoms with van der Waals surface area (Å²) in [5, 5.41) is 12.6. The molecule has 0 aliphatic carbocycles. The van der Waals surface area contributed by atoms with Gasteiger partial charge in [-0.25, -0.2) is 0 Å². The molecule has 0 saturated heterocycles. The lowest BCUT2D eigenvalue weighted by Crippen LogP contribution is -2.30. The van der Waals surface area contributed by atoms with Crippen LogP contribution in [0.15, 0.2) is 88.7 Å². The lowest BCUT2D eigenvalue weighted by Gasteiger charge is -2.26. The number of benzene rings is 3. The van der Waals surface area contributed by atoms with Crippen molar-refractivity contribution in [3.05, 3.63) is 95.6 Å². The highest BCUT2D eigenvalue weighted by atomic mass is 16.7. The Morgan fingerprint density at radius 3 is 2.76 bits per heavy atom. The summed E-state index contributed by atoms with van der Waals surface area (Å²) in [6, 6.07) is 18.6. The normalized spacial score (nSPS) is 16.7. The fourth-order valence-electron chi connectivity index (χ4n) is 5.19. The van der Waals surface area contributed by atoms with Gasteiger partial charge in [0.25, 0.3) is 5.91 Å². The van der Waals surface area contributed by atoms with Crippen LogP contribution in [-0.4, -0.2) is 35.7 Å². The van der Waals surface area contributed by atoms with E-state index in [2.05, 4.69) is 4.98 Å². The number of fused-ring (bicyclic) bond motifs is 3. The van der Waals surface area contributed by atoms with Crippen LogP contribution in [0.2, 0.25) is 0 Å². The molecule has 2 aliphatic rings. The van der Waals surface area contributed by atoms with Crippen LogP contribution in [0.3, 0.4) is 0 Å². The zero-order valence-electron chi connectivity index (χ0n) is 20.1. The molecule has 3 aromatic carbocycles. The van der Waals surface area contributed by atoms with Crippen molar-refractivity contribution in [1.29, 1.82) is 0 Å². The minimum Gasteiger partial charge on any atom is -0.503 e. The second-order valence-corrected chi connectivity index (χ2v) is 8.99. The van der Waals surface area contributed by atoms with Crippen molar-refractivity contribution in [2.24, 2.45) is 0 Å². The molecule has 2 N–H and O–H groups in total. The number of aliphatic hydroxyl groups excluding tert-OH is 1. The number of ether oxygens (including phenoxy) is 3. The Hall–Kier alpha value is -5.18. The van der Waals surface area contributed by atoms with E-state index in [1.54, 1.807) is 48.7 Å². The van der Waals surface area contributed by atoms with E-state index in [9.17, 15) is 14.7 Å². The maximum atomic E-state index is 14.0. The first-order valence-corrected chi connectivity index (χ1v) is 11.9. The van der Waals surface area contributed by atoms with Gasteiger partial charge in [-0.2, -0.15) is 0 Å². The molecule has 5 aromatic rings. The number of hydrogen-bond acceptors (Lipinski definition) is 7. The van der Waals surface area contributed by atoms with Crippen molar-refractivity contribution < 1.29 is 33.3 Å². The van der Waals surface area contributed by atoms with E-state index in [-0.39, 0.29) is 18.1 Å². The molecule has 9 heteroatoms. The number of hydrogen-bond donors (Lipinski definition) is 2. The van der Waals surface area contributed by atoms with Gasteiger partial charge in [-0.15, -0.1) is 0 Å². The average Bonchev–Trinajstić information content (AvgIpc) is 3.72. The lowest BCUT2D eigenvalue weighted by molar-refractivity contribution is -0.117. The number of anilines is 1. The molecule has 7 rings (SSSR count). The summed E-state index contributed by atoms with van der Waals surface area (Å²) in [6.45, 7) is 0.0708. The van der Waals surface area contributed by atoms with E-state index in [0.717, 1.165) is 10.9 Å². The summed E-state index contributed by atoms with van der Waals surface area (Å²) < 4.78 is 22.2. The highest BCUT2D eigenvalue weighted by Gasteiger charge is 2.46. The maximum Gasteiger partial charge on any atom is 0.294 e.